The van der Waals surface area contributed by atoms with Gasteiger partial charge in [-0.15, -0.1) is 0 Å². The number of carbonyl (C=O) groups excluding carboxylic acids is 1. The molecular formula is C16H21NO5. The molecule has 22 heavy (non-hydrogen) atoms. The van der Waals surface area contributed by atoms with Gasteiger partial charge in [0.05, 0.1) is 0 Å². The number of rotatable bonds is 4. The molecule has 2 rings (SSSR count). The molecule has 2 N–H and O–H groups in total. The van der Waals surface area contributed by atoms with Crippen molar-refractivity contribution in [3.63, 3.8) is 0 Å². The predicted molar refractivity (Wildman–Crippen MR) is 79.8 cm³/mol. The van der Waals surface area contributed by atoms with Crippen LogP contribution in [0.15, 0.2) is 18.2 Å². The molecule has 0 aliphatic carbocycles. The van der Waals surface area contributed by atoms with E-state index in [1.807, 2.05) is 32.0 Å². The van der Waals surface area contributed by atoms with Gasteiger partial charge in [0.2, 0.25) is 0 Å². The minimum Gasteiger partial charge on any atom is -0.483 e. The molecule has 1 aromatic carbocycles. The van der Waals surface area contributed by atoms with Crippen LogP contribution in [0.3, 0.4) is 0 Å². The molecule has 0 radical (unpaired) electrons. The fourth-order valence-corrected chi connectivity index (χ4v) is 2.59. The second kappa shape index (κ2) is 6.36. The van der Waals surface area contributed by atoms with Crippen molar-refractivity contribution < 1.29 is 24.5 Å². The molecule has 1 aliphatic heterocycles. The molecule has 0 aromatic heterocycles. The van der Waals surface area contributed by atoms with Crippen LogP contribution in [0.1, 0.15) is 24.0 Å². The number of carboxylic acid groups (broad SMARTS) is 1. The number of benzene rings is 1. The van der Waals surface area contributed by atoms with Gasteiger partial charge in [-0.3, -0.25) is 4.79 Å². The molecule has 1 heterocycles. The lowest BCUT2D eigenvalue weighted by Crippen LogP contribution is -2.51. The zero-order valence-corrected chi connectivity index (χ0v) is 12.8. The van der Waals surface area contributed by atoms with Crippen molar-refractivity contribution in [2.24, 2.45) is 0 Å². The van der Waals surface area contributed by atoms with E-state index >= 15 is 0 Å². The molecule has 0 unspecified atom stereocenters. The smallest absolute Gasteiger partial charge is 0.335 e. The number of likely N-dealkylation sites (tertiary alicyclic amines) is 1. The van der Waals surface area contributed by atoms with Crippen molar-refractivity contribution in [3.8, 4) is 5.75 Å². The SMILES string of the molecule is Cc1cccc(C)c1OCC(=O)N1CCC(O)(C(=O)O)CC1. The molecule has 0 spiro atoms. The fraction of sp³-hybridized carbons (Fsp3) is 0.500. The quantitative estimate of drug-likeness (QED) is 0.870. The summed E-state index contributed by atoms with van der Waals surface area (Å²) in [7, 11) is 0. The van der Waals surface area contributed by atoms with Crippen molar-refractivity contribution in [1.82, 2.24) is 4.90 Å². The zero-order valence-electron chi connectivity index (χ0n) is 12.8. The number of para-hydroxylation sites is 1. The Balaban J connectivity index is 1.90. The van der Waals surface area contributed by atoms with Crippen LogP contribution in [0.2, 0.25) is 0 Å². The number of aryl methyl sites for hydroxylation is 2. The Morgan fingerprint density at radius 3 is 2.27 bits per heavy atom. The third-order valence-electron chi connectivity index (χ3n) is 4.09. The predicted octanol–water partition coefficient (Wildman–Crippen LogP) is 1.12. The van der Waals surface area contributed by atoms with Crippen LogP contribution in [0.25, 0.3) is 0 Å². The summed E-state index contributed by atoms with van der Waals surface area (Å²) in [5, 5.41) is 18.8. The Morgan fingerprint density at radius 2 is 1.77 bits per heavy atom. The number of amides is 1. The van der Waals surface area contributed by atoms with E-state index in [0.717, 1.165) is 11.1 Å². The number of hydrogen-bond donors (Lipinski definition) is 2. The van der Waals surface area contributed by atoms with Crippen LogP contribution in [-0.2, 0) is 9.59 Å². The lowest BCUT2D eigenvalue weighted by Gasteiger charge is -2.35. The summed E-state index contributed by atoms with van der Waals surface area (Å²) in [6.45, 7) is 4.19. The van der Waals surface area contributed by atoms with E-state index in [1.165, 1.54) is 4.90 Å². The Morgan fingerprint density at radius 1 is 1.23 bits per heavy atom. The number of ether oxygens (including phenoxy) is 1. The highest BCUT2D eigenvalue weighted by Gasteiger charge is 2.40. The van der Waals surface area contributed by atoms with Crippen LogP contribution < -0.4 is 4.74 Å². The third-order valence-corrected chi connectivity index (χ3v) is 4.09. The van der Waals surface area contributed by atoms with Crippen molar-refractivity contribution >= 4 is 11.9 Å². The van der Waals surface area contributed by atoms with Gasteiger partial charge in [0.25, 0.3) is 5.91 Å². The molecule has 0 saturated carbocycles. The highest BCUT2D eigenvalue weighted by Crippen LogP contribution is 2.24. The van der Waals surface area contributed by atoms with E-state index in [1.54, 1.807) is 0 Å². The monoisotopic (exact) mass is 307 g/mol. The average Bonchev–Trinajstić information content (AvgIpc) is 2.47. The summed E-state index contributed by atoms with van der Waals surface area (Å²) < 4.78 is 5.61. The minimum absolute atomic E-state index is 0.0392. The number of carboxylic acids is 1. The van der Waals surface area contributed by atoms with Gasteiger partial charge in [0.15, 0.2) is 12.2 Å². The minimum atomic E-state index is -1.72. The summed E-state index contributed by atoms with van der Waals surface area (Å²) >= 11 is 0. The van der Waals surface area contributed by atoms with Gasteiger partial charge in [0, 0.05) is 25.9 Å². The lowest BCUT2D eigenvalue weighted by molar-refractivity contribution is -0.165. The zero-order chi connectivity index (χ0) is 16.3. The number of nitrogens with zero attached hydrogens (tertiary/aromatic N) is 1. The summed E-state index contributed by atoms with van der Waals surface area (Å²) in [5.41, 5.74) is 0.211. The Labute approximate surface area is 129 Å². The topological polar surface area (TPSA) is 87.1 Å². The molecule has 1 fully saturated rings. The molecule has 6 heteroatoms. The molecule has 0 atom stereocenters. The first-order valence-electron chi connectivity index (χ1n) is 7.26. The molecule has 6 nitrogen and oxygen atoms in total. The second-order valence-electron chi connectivity index (χ2n) is 5.73. The van der Waals surface area contributed by atoms with Gasteiger partial charge in [-0.1, -0.05) is 18.2 Å². The molecular weight excluding hydrogens is 286 g/mol. The highest BCUT2D eigenvalue weighted by molar-refractivity contribution is 5.80. The van der Waals surface area contributed by atoms with E-state index in [9.17, 15) is 14.7 Å². The lowest BCUT2D eigenvalue weighted by atomic mass is 9.91. The van der Waals surface area contributed by atoms with E-state index in [2.05, 4.69) is 0 Å². The van der Waals surface area contributed by atoms with Crippen LogP contribution >= 0.6 is 0 Å². The Hall–Kier alpha value is -2.08. The molecule has 1 saturated heterocycles. The van der Waals surface area contributed by atoms with E-state index in [4.69, 9.17) is 9.84 Å². The van der Waals surface area contributed by atoms with Gasteiger partial charge in [-0.2, -0.15) is 0 Å². The van der Waals surface area contributed by atoms with Gasteiger partial charge in [0.1, 0.15) is 5.75 Å². The van der Waals surface area contributed by atoms with Crippen LogP contribution in [0.5, 0.6) is 5.75 Å². The van der Waals surface area contributed by atoms with E-state index in [-0.39, 0.29) is 38.4 Å². The molecule has 1 aliphatic rings. The van der Waals surface area contributed by atoms with Crippen molar-refractivity contribution in [1.29, 1.82) is 0 Å². The van der Waals surface area contributed by atoms with Gasteiger partial charge in [-0.05, 0) is 25.0 Å². The summed E-state index contributed by atoms with van der Waals surface area (Å²) in [4.78, 5) is 24.6. The largest absolute Gasteiger partial charge is 0.483 e. The number of hydrogen-bond acceptors (Lipinski definition) is 4. The number of piperidine rings is 1. The van der Waals surface area contributed by atoms with Crippen LogP contribution in [-0.4, -0.2) is 52.3 Å². The first kappa shape index (κ1) is 16.3. The Kier molecular flexibility index (Phi) is 4.71. The van der Waals surface area contributed by atoms with Crippen LogP contribution in [0.4, 0.5) is 0 Å². The fourth-order valence-electron chi connectivity index (χ4n) is 2.59. The standard InChI is InChI=1S/C16H21NO5/c1-11-4-3-5-12(2)14(11)22-10-13(18)17-8-6-16(21,7-9-17)15(19)20/h3-5,21H,6-10H2,1-2H3,(H,19,20). The summed E-state index contributed by atoms with van der Waals surface area (Å²) in [6.07, 6.45) is 0.0783. The first-order chi connectivity index (χ1) is 10.3. The number of carbonyl (C=O) groups is 2. The number of aliphatic hydroxyl groups is 1. The third kappa shape index (κ3) is 3.39. The van der Waals surface area contributed by atoms with Gasteiger partial charge >= 0.3 is 5.97 Å². The molecule has 120 valence electrons. The summed E-state index contributed by atoms with van der Waals surface area (Å²) in [6, 6.07) is 5.76. The molecule has 1 aromatic rings. The maximum Gasteiger partial charge on any atom is 0.335 e. The molecule has 1 amide bonds. The summed E-state index contributed by atoms with van der Waals surface area (Å²) in [5.74, 6) is -0.726. The van der Waals surface area contributed by atoms with Crippen molar-refractivity contribution in [3.05, 3.63) is 29.3 Å². The van der Waals surface area contributed by atoms with Crippen molar-refractivity contribution in [2.75, 3.05) is 19.7 Å². The van der Waals surface area contributed by atoms with Crippen LogP contribution in [0, 0.1) is 13.8 Å². The average molecular weight is 307 g/mol. The Bertz CT molecular complexity index is 556. The van der Waals surface area contributed by atoms with Crippen molar-refractivity contribution in [2.45, 2.75) is 32.3 Å². The maximum atomic E-state index is 12.1. The molecule has 0 bridgehead atoms. The van der Waals surface area contributed by atoms with Gasteiger partial charge < -0.3 is 19.8 Å². The van der Waals surface area contributed by atoms with E-state index in [0.29, 0.717) is 5.75 Å². The maximum absolute atomic E-state index is 12.1. The number of aliphatic carboxylic acids is 1. The normalized spacial score (nSPS) is 17.1. The second-order valence-corrected chi connectivity index (χ2v) is 5.73. The van der Waals surface area contributed by atoms with E-state index < -0.39 is 11.6 Å². The van der Waals surface area contributed by atoms with Gasteiger partial charge in [-0.25, -0.2) is 4.79 Å². The highest BCUT2D eigenvalue weighted by atomic mass is 16.5. The first-order valence-corrected chi connectivity index (χ1v) is 7.26.